The van der Waals surface area contributed by atoms with Crippen molar-refractivity contribution in [1.82, 2.24) is 9.62 Å². The van der Waals surface area contributed by atoms with Crippen molar-refractivity contribution in [2.45, 2.75) is 62.8 Å². The molecule has 0 radical (unpaired) electrons. The maximum atomic E-state index is 13.2. The molecule has 1 unspecified atom stereocenters. The van der Waals surface area contributed by atoms with Gasteiger partial charge in [0.05, 0.1) is 10.9 Å². The molecule has 1 aliphatic heterocycles. The van der Waals surface area contributed by atoms with Crippen molar-refractivity contribution in [2.75, 3.05) is 13.1 Å². The molecule has 0 aromatic heterocycles. The first-order chi connectivity index (χ1) is 16.4. The van der Waals surface area contributed by atoms with Gasteiger partial charge in [0, 0.05) is 24.6 Å². The Balaban J connectivity index is 1.39. The Kier molecular flexibility index (Phi) is 7.84. The molecule has 4 rings (SSSR count). The molecular weight excluding hydrogens is 448 g/mol. The van der Waals surface area contributed by atoms with Crippen LogP contribution in [0.4, 0.5) is 0 Å². The molecule has 1 amide bonds. The number of sulfonamides is 1. The number of nitrogens with one attached hydrogen (secondary N) is 1. The van der Waals surface area contributed by atoms with Gasteiger partial charge in [0.15, 0.2) is 5.78 Å². The van der Waals surface area contributed by atoms with E-state index in [1.54, 1.807) is 12.1 Å². The third-order valence-corrected chi connectivity index (χ3v) is 9.21. The third kappa shape index (κ3) is 5.58. The van der Waals surface area contributed by atoms with Crippen LogP contribution >= 0.6 is 0 Å². The van der Waals surface area contributed by atoms with E-state index in [0.29, 0.717) is 37.4 Å². The number of carbonyl (C=O) groups excluding carboxylic acids is 2. The third-order valence-electron chi connectivity index (χ3n) is 7.30. The van der Waals surface area contributed by atoms with Crippen LogP contribution in [0.25, 0.3) is 0 Å². The first-order valence-corrected chi connectivity index (χ1v) is 13.8. The Hall–Kier alpha value is -2.51. The highest BCUT2D eigenvalue weighted by atomic mass is 32.2. The number of rotatable bonds is 7. The van der Waals surface area contributed by atoms with E-state index in [2.05, 4.69) is 17.4 Å². The van der Waals surface area contributed by atoms with Crippen molar-refractivity contribution in [1.29, 1.82) is 0 Å². The lowest BCUT2D eigenvalue weighted by Gasteiger charge is -2.34. The number of carbonyl (C=O) groups is 2. The van der Waals surface area contributed by atoms with E-state index in [4.69, 9.17) is 0 Å². The Morgan fingerprint density at radius 3 is 2.09 bits per heavy atom. The Morgan fingerprint density at radius 1 is 0.882 bits per heavy atom. The van der Waals surface area contributed by atoms with Gasteiger partial charge in [-0.25, -0.2) is 8.42 Å². The molecule has 1 aliphatic carbocycles. The number of hydrogen-bond acceptors (Lipinski definition) is 4. The van der Waals surface area contributed by atoms with Crippen LogP contribution in [0.2, 0.25) is 0 Å². The summed E-state index contributed by atoms with van der Waals surface area (Å²) in [5.41, 5.74) is 1.64. The minimum atomic E-state index is -3.65. The minimum Gasteiger partial charge on any atom is -0.349 e. The number of hydrogen-bond donors (Lipinski definition) is 1. The van der Waals surface area contributed by atoms with Crippen LogP contribution in [0.3, 0.4) is 0 Å². The second-order valence-electron chi connectivity index (χ2n) is 9.55. The molecule has 2 aromatic rings. The molecule has 2 aromatic carbocycles. The van der Waals surface area contributed by atoms with E-state index in [0.717, 1.165) is 18.4 Å². The number of nitrogens with zero attached hydrogens (tertiary/aromatic N) is 1. The standard InChI is InChI=1S/C27H34N2O4S/c1-20(30)21-12-14-25(15-13-21)34(32,33)29-18-16-24(17-19-29)27(31)28-26(22-8-4-2-5-9-22)23-10-6-3-7-11-23/h2,4-5,8-9,12-15,23-24,26H,3,6-7,10-11,16-19H2,1H3,(H,28,31). The molecule has 1 saturated heterocycles. The molecule has 34 heavy (non-hydrogen) atoms. The Bertz CT molecular complexity index is 1090. The van der Waals surface area contributed by atoms with E-state index in [1.165, 1.54) is 42.6 Å². The van der Waals surface area contributed by atoms with E-state index in [9.17, 15) is 18.0 Å². The van der Waals surface area contributed by atoms with E-state index in [-0.39, 0.29) is 28.5 Å². The van der Waals surface area contributed by atoms with Crippen molar-refractivity contribution >= 4 is 21.7 Å². The summed E-state index contributed by atoms with van der Waals surface area (Å²) in [7, 11) is -3.65. The highest BCUT2D eigenvalue weighted by Gasteiger charge is 2.34. The smallest absolute Gasteiger partial charge is 0.243 e. The summed E-state index contributed by atoms with van der Waals surface area (Å²) < 4.78 is 27.6. The summed E-state index contributed by atoms with van der Waals surface area (Å²) in [6.45, 7) is 2.08. The molecule has 1 heterocycles. The van der Waals surface area contributed by atoms with Crippen LogP contribution in [0.1, 0.15) is 73.8 Å². The Morgan fingerprint density at radius 2 is 1.50 bits per heavy atom. The summed E-state index contributed by atoms with van der Waals surface area (Å²) in [4.78, 5) is 24.9. The molecule has 1 saturated carbocycles. The quantitative estimate of drug-likeness (QED) is 0.579. The molecule has 2 aliphatic rings. The molecule has 7 heteroatoms. The number of piperidine rings is 1. The van der Waals surface area contributed by atoms with Crippen molar-refractivity contribution in [3.05, 3.63) is 65.7 Å². The van der Waals surface area contributed by atoms with Gasteiger partial charge in [-0.15, -0.1) is 0 Å². The zero-order valence-corrected chi connectivity index (χ0v) is 20.6. The summed E-state index contributed by atoms with van der Waals surface area (Å²) in [5, 5.41) is 3.34. The fourth-order valence-electron chi connectivity index (χ4n) is 5.24. The Labute approximate surface area is 202 Å². The van der Waals surface area contributed by atoms with Crippen LogP contribution in [-0.4, -0.2) is 37.5 Å². The predicted octanol–water partition coefficient (Wildman–Crippen LogP) is 4.73. The lowest BCUT2D eigenvalue weighted by Crippen LogP contribution is -2.44. The first kappa shape index (κ1) is 24.6. The number of Topliss-reactive ketones (excluding diaryl/α,β-unsaturated/α-hetero) is 1. The van der Waals surface area contributed by atoms with Gasteiger partial charge in [-0.05, 0) is 56.2 Å². The predicted molar refractivity (Wildman–Crippen MR) is 132 cm³/mol. The normalized spacial score (nSPS) is 19.4. The lowest BCUT2D eigenvalue weighted by atomic mass is 9.80. The number of benzene rings is 2. The van der Waals surface area contributed by atoms with E-state index < -0.39 is 10.0 Å². The summed E-state index contributed by atoms with van der Waals surface area (Å²) in [6.07, 6.45) is 6.92. The van der Waals surface area contributed by atoms with Gasteiger partial charge in [-0.2, -0.15) is 4.31 Å². The maximum Gasteiger partial charge on any atom is 0.243 e. The SMILES string of the molecule is CC(=O)c1ccc(S(=O)(=O)N2CCC(C(=O)NC(c3ccccc3)C3CCCCC3)CC2)cc1. The maximum absolute atomic E-state index is 13.2. The van der Waals surface area contributed by atoms with Gasteiger partial charge in [-0.1, -0.05) is 61.7 Å². The van der Waals surface area contributed by atoms with Gasteiger partial charge >= 0.3 is 0 Å². The number of ketones is 1. The molecule has 2 fully saturated rings. The zero-order valence-electron chi connectivity index (χ0n) is 19.8. The van der Waals surface area contributed by atoms with E-state index in [1.807, 2.05) is 18.2 Å². The molecule has 0 spiro atoms. The minimum absolute atomic E-state index is 0.00977. The summed E-state index contributed by atoms with van der Waals surface area (Å²) in [6, 6.07) is 16.3. The van der Waals surface area contributed by atoms with Gasteiger partial charge in [0.1, 0.15) is 0 Å². The monoisotopic (exact) mass is 482 g/mol. The van der Waals surface area contributed by atoms with Crippen molar-refractivity contribution in [3.8, 4) is 0 Å². The fraction of sp³-hybridized carbons (Fsp3) is 0.481. The van der Waals surface area contributed by atoms with Gasteiger partial charge in [-0.3, -0.25) is 9.59 Å². The largest absolute Gasteiger partial charge is 0.349 e. The molecule has 182 valence electrons. The van der Waals surface area contributed by atoms with Crippen molar-refractivity contribution < 1.29 is 18.0 Å². The molecule has 1 atom stereocenters. The average Bonchev–Trinajstić information content (AvgIpc) is 2.88. The van der Waals surface area contributed by atoms with Gasteiger partial charge in [0.25, 0.3) is 0 Å². The lowest BCUT2D eigenvalue weighted by molar-refractivity contribution is -0.127. The van der Waals surface area contributed by atoms with Gasteiger partial charge in [0.2, 0.25) is 15.9 Å². The fourth-order valence-corrected chi connectivity index (χ4v) is 6.71. The second-order valence-corrected chi connectivity index (χ2v) is 11.5. The highest BCUT2D eigenvalue weighted by Crippen LogP contribution is 2.35. The molecule has 1 N–H and O–H groups in total. The second kappa shape index (κ2) is 10.8. The van der Waals surface area contributed by atoms with Crippen LogP contribution in [0.15, 0.2) is 59.5 Å². The van der Waals surface area contributed by atoms with Gasteiger partial charge < -0.3 is 5.32 Å². The average molecular weight is 483 g/mol. The zero-order chi connectivity index (χ0) is 24.1. The van der Waals surface area contributed by atoms with Crippen LogP contribution in [0.5, 0.6) is 0 Å². The number of amides is 1. The summed E-state index contributed by atoms with van der Waals surface area (Å²) >= 11 is 0. The molecule has 6 nitrogen and oxygen atoms in total. The van der Waals surface area contributed by atoms with Crippen molar-refractivity contribution in [2.24, 2.45) is 11.8 Å². The summed E-state index contributed by atoms with van der Waals surface area (Å²) in [5.74, 6) is 0.181. The van der Waals surface area contributed by atoms with Crippen molar-refractivity contribution in [3.63, 3.8) is 0 Å². The topological polar surface area (TPSA) is 83.6 Å². The highest BCUT2D eigenvalue weighted by molar-refractivity contribution is 7.89. The van der Waals surface area contributed by atoms with E-state index >= 15 is 0 Å². The van der Waals surface area contributed by atoms with Crippen LogP contribution in [-0.2, 0) is 14.8 Å². The van der Waals surface area contributed by atoms with Crippen LogP contribution in [0, 0.1) is 11.8 Å². The molecule has 0 bridgehead atoms. The molecular formula is C27H34N2O4S. The first-order valence-electron chi connectivity index (χ1n) is 12.3. The van der Waals surface area contributed by atoms with Crippen LogP contribution < -0.4 is 5.32 Å².